The molecule has 0 saturated heterocycles. The van der Waals surface area contributed by atoms with Crippen molar-refractivity contribution >= 4 is 28.2 Å². The highest BCUT2D eigenvalue weighted by atomic mass is 32.1. The maximum Gasteiger partial charge on any atom is 0.348 e. The highest BCUT2D eigenvalue weighted by molar-refractivity contribution is 7.18. The second-order valence-corrected chi connectivity index (χ2v) is 4.15. The monoisotopic (exact) mass is 242 g/mol. The maximum absolute atomic E-state index is 11.5. The molecule has 5 nitrogen and oxygen atoms in total. The average molecular weight is 242 g/mol. The molecule has 1 rings (SSSR count). The quantitative estimate of drug-likeness (QED) is 0.780. The van der Waals surface area contributed by atoms with Crippen molar-refractivity contribution in [2.24, 2.45) is 0 Å². The summed E-state index contributed by atoms with van der Waals surface area (Å²) >= 11 is 1.08. The number of amides is 1. The SMILES string of the molecule is CCOC(=O)c1sc(N)c(C(=O)NC)c1C. The molecule has 0 aromatic carbocycles. The lowest BCUT2D eigenvalue weighted by Gasteiger charge is -2.01. The van der Waals surface area contributed by atoms with Crippen LogP contribution < -0.4 is 11.1 Å². The second-order valence-electron chi connectivity index (χ2n) is 3.10. The summed E-state index contributed by atoms with van der Waals surface area (Å²) in [4.78, 5) is 23.4. The molecule has 0 spiro atoms. The van der Waals surface area contributed by atoms with Gasteiger partial charge in [0.1, 0.15) is 4.88 Å². The van der Waals surface area contributed by atoms with Gasteiger partial charge in [0.05, 0.1) is 17.2 Å². The van der Waals surface area contributed by atoms with E-state index < -0.39 is 5.97 Å². The number of carbonyl (C=O) groups is 2. The van der Waals surface area contributed by atoms with E-state index in [0.29, 0.717) is 27.6 Å². The third-order valence-electron chi connectivity index (χ3n) is 2.09. The van der Waals surface area contributed by atoms with Crippen molar-refractivity contribution in [2.45, 2.75) is 13.8 Å². The van der Waals surface area contributed by atoms with Crippen molar-refractivity contribution in [1.82, 2.24) is 5.32 Å². The average Bonchev–Trinajstić information content (AvgIpc) is 2.54. The molecule has 0 saturated carbocycles. The number of nitrogen functional groups attached to an aromatic ring is 1. The predicted molar refractivity (Wildman–Crippen MR) is 62.8 cm³/mol. The van der Waals surface area contributed by atoms with Crippen LogP contribution in [0.25, 0.3) is 0 Å². The third kappa shape index (κ3) is 2.16. The molecule has 0 radical (unpaired) electrons. The summed E-state index contributed by atoms with van der Waals surface area (Å²) in [7, 11) is 1.52. The Hall–Kier alpha value is -1.56. The zero-order valence-corrected chi connectivity index (χ0v) is 10.2. The lowest BCUT2D eigenvalue weighted by atomic mass is 10.1. The van der Waals surface area contributed by atoms with Gasteiger partial charge in [-0.25, -0.2) is 4.79 Å². The van der Waals surface area contributed by atoms with Crippen LogP contribution in [0.3, 0.4) is 0 Å². The number of anilines is 1. The Morgan fingerprint density at radius 1 is 1.50 bits per heavy atom. The van der Waals surface area contributed by atoms with Crippen molar-refractivity contribution < 1.29 is 14.3 Å². The van der Waals surface area contributed by atoms with Crippen LogP contribution in [-0.4, -0.2) is 25.5 Å². The first kappa shape index (κ1) is 12.5. The molecule has 0 unspecified atom stereocenters. The lowest BCUT2D eigenvalue weighted by molar-refractivity contribution is 0.0531. The summed E-state index contributed by atoms with van der Waals surface area (Å²) in [5.74, 6) is -0.728. The second kappa shape index (κ2) is 4.98. The van der Waals surface area contributed by atoms with E-state index in [4.69, 9.17) is 10.5 Å². The van der Waals surface area contributed by atoms with Gasteiger partial charge in [-0.2, -0.15) is 0 Å². The van der Waals surface area contributed by atoms with Crippen molar-refractivity contribution in [3.05, 3.63) is 16.0 Å². The number of nitrogens with one attached hydrogen (secondary N) is 1. The van der Waals surface area contributed by atoms with Crippen LogP contribution in [0.4, 0.5) is 5.00 Å². The van der Waals surface area contributed by atoms with E-state index in [-0.39, 0.29) is 5.91 Å². The van der Waals surface area contributed by atoms with Crippen LogP contribution in [0.2, 0.25) is 0 Å². The zero-order valence-electron chi connectivity index (χ0n) is 9.42. The van der Waals surface area contributed by atoms with Crippen LogP contribution in [0.15, 0.2) is 0 Å². The van der Waals surface area contributed by atoms with Crippen LogP contribution >= 0.6 is 11.3 Å². The first-order valence-electron chi connectivity index (χ1n) is 4.81. The maximum atomic E-state index is 11.5. The molecule has 0 aliphatic heterocycles. The van der Waals surface area contributed by atoms with Gasteiger partial charge in [-0.1, -0.05) is 0 Å². The predicted octanol–water partition coefficient (Wildman–Crippen LogP) is 1.18. The van der Waals surface area contributed by atoms with Gasteiger partial charge in [-0.05, 0) is 19.4 Å². The topological polar surface area (TPSA) is 81.4 Å². The number of esters is 1. The summed E-state index contributed by atoms with van der Waals surface area (Å²) < 4.78 is 4.87. The summed E-state index contributed by atoms with van der Waals surface area (Å²) in [5, 5.41) is 2.82. The molecule has 1 heterocycles. The number of ether oxygens (including phenoxy) is 1. The lowest BCUT2D eigenvalue weighted by Crippen LogP contribution is -2.19. The Balaban J connectivity index is 3.16. The molecular weight excluding hydrogens is 228 g/mol. The van der Waals surface area contributed by atoms with Crippen LogP contribution in [0.5, 0.6) is 0 Å². The van der Waals surface area contributed by atoms with Crippen LogP contribution in [0, 0.1) is 6.92 Å². The molecule has 0 atom stereocenters. The number of hydrogen-bond acceptors (Lipinski definition) is 5. The highest BCUT2D eigenvalue weighted by Crippen LogP contribution is 2.30. The Bertz CT molecular complexity index is 426. The first-order valence-corrected chi connectivity index (χ1v) is 5.62. The van der Waals surface area contributed by atoms with E-state index in [9.17, 15) is 9.59 Å². The molecule has 1 aromatic heterocycles. The number of rotatable bonds is 3. The Morgan fingerprint density at radius 2 is 2.12 bits per heavy atom. The molecular formula is C10H14N2O3S. The molecule has 88 valence electrons. The first-order chi connectivity index (χ1) is 7.52. The molecule has 0 aliphatic rings. The van der Waals surface area contributed by atoms with Gasteiger partial charge in [0.25, 0.3) is 5.91 Å². The summed E-state index contributed by atoms with van der Waals surface area (Å²) in [6, 6.07) is 0. The van der Waals surface area contributed by atoms with Crippen molar-refractivity contribution in [3.8, 4) is 0 Å². The molecule has 16 heavy (non-hydrogen) atoms. The Morgan fingerprint density at radius 3 is 2.62 bits per heavy atom. The number of thiophene rings is 1. The van der Waals surface area contributed by atoms with Crippen LogP contribution in [-0.2, 0) is 4.74 Å². The fraction of sp³-hybridized carbons (Fsp3) is 0.400. The molecule has 0 aliphatic carbocycles. The summed E-state index contributed by atoms with van der Waals surface area (Å²) in [6.07, 6.45) is 0. The van der Waals surface area contributed by atoms with E-state index >= 15 is 0 Å². The highest BCUT2D eigenvalue weighted by Gasteiger charge is 2.23. The largest absolute Gasteiger partial charge is 0.462 e. The van der Waals surface area contributed by atoms with Crippen molar-refractivity contribution in [2.75, 3.05) is 19.4 Å². The van der Waals surface area contributed by atoms with Gasteiger partial charge in [-0.3, -0.25) is 4.79 Å². The Kier molecular flexibility index (Phi) is 3.89. The number of carbonyl (C=O) groups excluding carboxylic acids is 2. The third-order valence-corrected chi connectivity index (χ3v) is 3.19. The van der Waals surface area contributed by atoms with Crippen LogP contribution in [0.1, 0.15) is 32.5 Å². The molecule has 3 N–H and O–H groups in total. The molecule has 0 fully saturated rings. The molecule has 6 heteroatoms. The summed E-state index contributed by atoms with van der Waals surface area (Å²) in [5.41, 5.74) is 6.63. The van der Waals surface area contributed by atoms with E-state index in [0.717, 1.165) is 11.3 Å². The smallest absolute Gasteiger partial charge is 0.348 e. The van der Waals surface area contributed by atoms with Gasteiger partial charge in [0, 0.05) is 7.05 Å². The van der Waals surface area contributed by atoms with E-state index in [1.54, 1.807) is 13.8 Å². The van der Waals surface area contributed by atoms with E-state index in [1.165, 1.54) is 7.05 Å². The standard InChI is InChI=1S/C10H14N2O3S/c1-4-15-10(14)7-5(2)6(8(11)16-7)9(13)12-3/h4,11H2,1-3H3,(H,12,13). The number of hydrogen-bond donors (Lipinski definition) is 2. The van der Waals surface area contributed by atoms with Crippen molar-refractivity contribution in [1.29, 1.82) is 0 Å². The van der Waals surface area contributed by atoms with Gasteiger partial charge < -0.3 is 15.8 Å². The number of nitrogens with two attached hydrogens (primary N) is 1. The minimum Gasteiger partial charge on any atom is -0.462 e. The fourth-order valence-electron chi connectivity index (χ4n) is 1.33. The minimum atomic E-state index is -0.438. The van der Waals surface area contributed by atoms with Gasteiger partial charge >= 0.3 is 5.97 Å². The van der Waals surface area contributed by atoms with Gasteiger partial charge in [-0.15, -0.1) is 11.3 Å². The van der Waals surface area contributed by atoms with Gasteiger partial charge in [0.2, 0.25) is 0 Å². The minimum absolute atomic E-state index is 0.290. The van der Waals surface area contributed by atoms with Crippen molar-refractivity contribution in [3.63, 3.8) is 0 Å². The molecule has 0 bridgehead atoms. The normalized spacial score (nSPS) is 9.94. The van der Waals surface area contributed by atoms with E-state index in [1.807, 2.05) is 0 Å². The molecule has 1 amide bonds. The van der Waals surface area contributed by atoms with Gasteiger partial charge in [0.15, 0.2) is 0 Å². The fourth-order valence-corrected chi connectivity index (χ4v) is 2.30. The van der Waals surface area contributed by atoms with E-state index in [2.05, 4.69) is 5.32 Å². The Labute approximate surface area is 97.6 Å². The zero-order chi connectivity index (χ0) is 12.3. The summed E-state index contributed by atoms with van der Waals surface area (Å²) in [6.45, 7) is 3.71. The molecule has 1 aromatic rings.